The zero-order valence-electron chi connectivity index (χ0n) is 11.3. The van der Waals surface area contributed by atoms with Crippen molar-refractivity contribution < 1.29 is 4.79 Å². The van der Waals surface area contributed by atoms with Crippen molar-refractivity contribution in [2.75, 3.05) is 5.32 Å². The van der Waals surface area contributed by atoms with E-state index in [0.717, 1.165) is 24.3 Å². The fourth-order valence-corrected chi connectivity index (χ4v) is 2.44. The highest BCUT2D eigenvalue weighted by atomic mass is 32.1. The van der Waals surface area contributed by atoms with Gasteiger partial charge in [0.15, 0.2) is 0 Å². The van der Waals surface area contributed by atoms with Crippen LogP contribution in [-0.2, 0) is 11.2 Å². The van der Waals surface area contributed by atoms with Gasteiger partial charge in [-0.05, 0) is 12.3 Å². The number of carbonyl (C=O) groups is 1. The molecule has 0 spiro atoms. The Morgan fingerprint density at radius 2 is 2.17 bits per heavy atom. The summed E-state index contributed by atoms with van der Waals surface area (Å²) in [7, 11) is 0. The van der Waals surface area contributed by atoms with E-state index in [0.29, 0.717) is 17.5 Å². The van der Waals surface area contributed by atoms with Crippen molar-refractivity contribution in [3.63, 3.8) is 0 Å². The number of hydrogen-bond donors (Lipinski definition) is 2. The molecular formula is C12H22N4OS. The maximum atomic E-state index is 11.8. The van der Waals surface area contributed by atoms with Crippen LogP contribution in [0.15, 0.2) is 0 Å². The van der Waals surface area contributed by atoms with E-state index in [2.05, 4.69) is 36.3 Å². The number of nitrogens with one attached hydrogen (secondary N) is 1. The average molecular weight is 270 g/mol. The van der Waals surface area contributed by atoms with Crippen LogP contribution >= 0.6 is 11.3 Å². The summed E-state index contributed by atoms with van der Waals surface area (Å²) in [6.45, 7) is 6.33. The first-order valence-electron chi connectivity index (χ1n) is 6.41. The van der Waals surface area contributed by atoms with Crippen LogP contribution in [0.3, 0.4) is 0 Å². The molecule has 0 aliphatic rings. The maximum absolute atomic E-state index is 11.8. The highest BCUT2D eigenvalue weighted by Crippen LogP contribution is 2.18. The van der Waals surface area contributed by atoms with Gasteiger partial charge < -0.3 is 5.73 Å². The molecule has 1 heterocycles. The van der Waals surface area contributed by atoms with E-state index in [4.69, 9.17) is 5.73 Å². The molecule has 1 rings (SSSR count). The molecule has 0 aliphatic carbocycles. The second-order valence-corrected chi connectivity index (χ2v) is 5.90. The number of nitrogens with two attached hydrogens (primary N) is 1. The monoisotopic (exact) mass is 270 g/mol. The fourth-order valence-electron chi connectivity index (χ4n) is 1.49. The van der Waals surface area contributed by atoms with E-state index in [-0.39, 0.29) is 5.91 Å². The van der Waals surface area contributed by atoms with Gasteiger partial charge >= 0.3 is 0 Å². The molecule has 5 nitrogen and oxygen atoms in total. The number of unbranched alkanes of at least 4 members (excludes halogenated alkanes) is 1. The number of anilines is 1. The summed E-state index contributed by atoms with van der Waals surface area (Å²) in [4.78, 5) is 11.8. The van der Waals surface area contributed by atoms with E-state index in [1.807, 2.05) is 0 Å². The summed E-state index contributed by atoms with van der Waals surface area (Å²) in [5, 5.41) is 12.2. The quantitative estimate of drug-likeness (QED) is 0.796. The molecule has 1 aromatic heterocycles. The smallest absolute Gasteiger partial charge is 0.243 e. The van der Waals surface area contributed by atoms with Crippen LogP contribution in [0.1, 0.15) is 45.0 Å². The van der Waals surface area contributed by atoms with Gasteiger partial charge in [0, 0.05) is 6.42 Å². The molecule has 0 aliphatic heterocycles. The van der Waals surface area contributed by atoms with E-state index >= 15 is 0 Å². The van der Waals surface area contributed by atoms with Crippen molar-refractivity contribution in [2.24, 2.45) is 11.7 Å². The molecule has 18 heavy (non-hydrogen) atoms. The molecule has 1 atom stereocenters. The van der Waals surface area contributed by atoms with Gasteiger partial charge in [-0.15, -0.1) is 10.2 Å². The largest absolute Gasteiger partial charge is 0.320 e. The van der Waals surface area contributed by atoms with E-state index in [1.165, 1.54) is 11.3 Å². The molecular weight excluding hydrogens is 248 g/mol. The van der Waals surface area contributed by atoms with Crippen molar-refractivity contribution >= 4 is 22.4 Å². The Balaban J connectivity index is 2.46. The summed E-state index contributed by atoms with van der Waals surface area (Å²) in [5.41, 5.74) is 5.78. The Morgan fingerprint density at radius 1 is 1.44 bits per heavy atom. The molecule has 1 aromatic rings. The number of carbonyl (C=O) groups excluding carboxylic acids is 1. The minimum atomic E-state index is -0.456. The second-order valence-electron chi connectivity index (χ2n) is 4.84. The third-order valence-electron chi connectivity index (χ3n) is 2.49. The van der Waals surface area contributed by atoms with E-state index < -0.39 is 6.04 Å². The van der Waals surface area contributed by atoms with Crippen LogP contribution in [0, 0.1) is 5.92 Å². The first kappa shape index (κ1) is 15.0. The normalized spacial score (nSPS) is 12.7. The zero-order chi connectivity index (χ0) is 13.5. The third-order valence-corrected chi connectivity index (χ3v) is 3.35. The van der Waals surface area contributed by atoms with Crippen molar-refractivity contribution in [1.82, 2.24) is 10.2 Å². The standard InChI is InChI=1S/C12H22N4OS/c1-4-5-6-9(13)11(17)14-12-16-15-10(18-12)7-8(2)3/h8-9H,4-7,13H2,1-3H3,(H,14,16,17)/t9-/m0/s1. The first-order valence-corrected chi connectivity index (χ1v) is 7.23. The molecule has 0 saturated heterocycles. The summed E-state index contributed by atoms with van der Waals surface area (Å²) in [5.74, 6) is 0.365. The Morgan fingerprint density at radius 3 is 2.78 bits per heavy atom. The van der Waals surface area contributed by atoms with Crippen LogP contribution in [-0.4, -0.2) is 22.1 Å². The molecule has 6 heteroatoms. The predicted octanol–water partition coefficient (Wildman–Crippen LogP) is 2.19. The minimum absolute atomic E-state index is 0.171. The third kappa shape index (κ3) is 5.10. The number of nitrogens with zero attached hydrogens (tertiary/aromatic N) is 2. The minimum Gasteiger partial charge on any atom is -0.320 e. The van der Waals surface area contributed by atoms with Crippen molar-refractivity contribution in [3.05, 3.63) is 5.01 Å². The van der Waals surface area contributed by atoms with Crippen molar-refractivity contribution in [1.29, 1.82) is 0 Å². The summed E-state index contributed by atoms with van der Waals surface area (Å²) >= 11 is 1.42. The predicted molar refractivity (Wildman–Crippen MR) is 74.6 cm³/mol. The molecule has 0 saturated carbocycles. The van der Waals surface area contributed by atoms with Gasteiger partial charge in [0.2, 0.25) is 11.0 Å². The maximum Gasteiger partial charge on any atom is 0.243 e. The van der Waals surface area contributed by atoms with E-state index in [9.17, 15) is 4.79 Å². The van der Waals surface area contributed by atoms with Crippen molar-refractivity contribution in [2.45, 2.75) is 52.5 Å². The van der Waals surface area contributed by atoms with Gasteiger partial charge in [-0.25, -0.2) is 0 Å². The Kier molecular flexibility index (Phi) is 6.21. The van der Waals surface area contributed by atoms with Gasteiger partial charge in [0.25, 0.3) is 0 Å². The van der Waals surface area contributed by atoms with Crippen LogP contribution < -0.4 is 11.1 Å². The van der Waals surface area contributed by atoms with Crippen LogP contribution in [0.4, 0.5) is 5.13 Å². The molecule has 0 aromatic carbocycles. The molecule has 0 radical (unpaired) electrons. The SMILES string of the molecule is CCCC[C@H](N)C(=O)Nc1nnc(CC(C)C)s1. The lowest BCUT2D eigenvalue weighted by molar-refractivity contribution is -0.117. The number of hydrogen-bond acceptors (Lipinski definition) is 5. The van der Waals surface area contributed by atoms with Crippen LogP contribution in [0.25, 0.3) is 0 Å². The lowest BCUT2D eigenvalue weighted by atomic mass is 10.1. The Labute approximate surface area is 112 Å². The molecule has 0 bridgehead atoms. The summed E-state index contributed by atoms with van der Waals surface area (Å²) in [6, 6.07) is -0.456. The topological polar surface area (TPSA) is 80.9 Å². The molecule has 0 unspecified atom stereocenters. The molecule has 102 valence electrons. The van der Waals surface area contributed by atoms with Crippen molar-refractivity contribution in [3.8, 4) is 0 Å². The lowest BCUT2D eigenvalue weighted by Gasteiger charge is -2.09. The zero-order valence-corrected chi connectivity index (χ0v) is 12.1. The fraction of sp³-hybridized carbons (Fsp3) is 0.750. The number of aromatic nitrogens is 2. The summed E-state index contributed by atoms with van der Waals surface area (Å²) < 4.78 is 0. The van der Waals surface area contributed by atoms with Gasteiger partial charge in [-0.3, -0.25) is 10.1 Å². The number of amides is 1. The van der Waals surface area contributed by atoms with E-state index in [1.54, 1.807) is 0 Å². The van der Waals surface area contributed by atoms with Crippen LogP contribution in [0.2, 0.25) is 0 Å². The highest BCUT2D eigenvalue weighted by Gasteiger charge is 2.15. The Hall–Kier alpha value is -1.01. The summed E-state index contributed by atoms with van der Waals surface area (Å²) in [6.07, 6.45) is 3.59. The first-order chi connectivity index (χ1) is 8.52. The van der Waals surface area contributed by atoms with Gasteiger partial charge in [0.05, 0.1) is 6.04 Å². The molecule has 0 fully saturated rings. The highest BCUT2D eigenvalue weighted by molar-refractivity contribution is 7.15. The molecule has 3 N–H and O–H groups in total. The Bertz CT molecular complexity index is 378. The van der Waals surface area contributed by atoms with Gasteiger partial charge in [-0.1, -0.05) is 44.9 Å². The average Bonchev–Trinajstić information content (AvgIpc) is 2.72. The van der Waals surface area contributed by atoms with Gasteiger partial charge in [0.1, 0.15) is 5.01 Å². The van der Waals surface area contributed by atoms with Gasteiger partial charge in [-0.2, -0.15) is 0 Å². The molecule has 1 amide bonds. The second kappa shape index (κ2) is 7.43. The lowest BCUT2D eigenvalue weighted by Crippen LogP contribution is -2.35. The van der Waals surface area contributed by atoms with Crippen LogP contribution in [0.5, 0.6) is 0 Å². The number of rotatable bonds is 7.